The molecule has 1 aromatic rings. The minimum absolute atomic E-state index is 0.00671. The van der Waals surface area contributed by atoms with Gasteiger partial charge >= 0.3 is 0 Å². The Morgan fingerprint density at radius 1 is 1.38 bits per heavy atom. The number of carbonyl (C=O) groups is 1. The lowest BCUT2D eigenvalue weighted by Crippen LogP contribution is -2.38. The summed E-state index contributed by atoms with van der Waals surface area (Å²) in [6.45, 7) is 2.23. The molecule has 1 aliphatic rings. The van der Waals surface area contributed by atoms with Crippen LogP contribution in [0.15, 0.2) is 18.2 Å². The van der Waals surface area contributed by atoms with E-state index in [9.17, 15) is 4.79 Å². The second-order valence-corrected chi connectivity index (χ2v) is 6.28. The molecule has 1 amide bonds. The third-order valence-electron chi connectivity index (χ3n) is 4.44. The zero-order valence-corrected chi connectivity index (χ0v) is 13.4. The van der Waals surface area contributed by atoms with Crippen LogP contribution in [0.3, 0.4) is 0 Å². The highest BCUT2D eigenvalue weighted by molar-refractivity contribution is 6.00. The summed E-state index contributed by atoms with van der Waals surface area (Å²) in [6, 6.07) is 5.80. The van der Waals surface area contributed by atoms with E-state index in [1.807, 2.05) is 31.1 Å². The Balaban J connectivity index is 2.11. The first kappa shape index (κ1) is 15.7. The van der Waals surface area contributed by atoms with E-state index in [1.54, 1.807) is 6.07 Å². The highest BCUT2D eigenvalue weighted by atomic mass is 16.1. The van der Waals surface area contributed by atoms with E-state index in [0.717, 1.165) is 24.4 Å². The Bertz CT molecular complexity index is 499. The molecule has 21 heavy (non-hydrogen) atoms. The standard InChI is InChI=1S/C17H27N3O/c1-4-12-6-5-7-14(10-12)19-17(21)15-11-13(18)8-9-16(15)20(2)3/h8-9,11-12,14H,4-7,10,18H2,1-3H3,(H,19,21). The summed E-state index contributed by atoms with van der Waals surface area (Å²) >= 11 is 0. The SMILES string of the molecule is CCC1CCCC(NC(=O)c2cc(N)ccc2N(C)C)C1. The summed E-state index contributed by atoms with van der Waals surface area (Å²) in [7, 11) is 3.88. The zero-order chi connectivity index (χ0) is 15.4. The fourth-order valence-electron chi connectivity index (χ4n) is 3.18. The number of hydrogen-bond acceptors (Lipinski definition) is 3. The first-order valence-corrected chi connectivity index (χ1v) is 7.89. The van der Waals surface area contributed by atoms with Crippen molar-refractivity contribution in [1.82, 2.24) is 5.32 Å². The van der Waals surface area contributed by atoms with Gasteiger partial charge in [0.15, 0.2) is 0 Å². The van der Waals surface area contributed by atoms with Crippen LogP contribution in [0.4, 0.5) is 11.4 Å². The quantitative estimate of drug-likeness (QED) is 0.838. The van der Waals surface area contributed by atoms with Crippen LogP contribution in [0.25, 0.3) is 0 Å². The molecule has 4 heteroatoms. The molecule has 0 saturated heterocycles. The van der Waals surface area contributed by atoms with Gasteiger partial charge < -0.3 is 16.0 Å². The smallest absolute Gasteiger partial charge is 0.253 e. The molecule has 0 heterocycles. The highest BCUT2D eigenvalue weighted by Crippen LogP contribution is 2.27. The fraction of sp³-hybridized carbons (Fsp3) is 0.588. The van der Waals surface area contributed by atoms with E-state index < -0.39 is 0 Å². The van der Waals surface area contributed by atoms with E-state index in [2.05, 4.69) is 12.2 Å². The monoisotopic (exact) mass is 289 g/mol. The van der Waals surface area contributed by atoms with Gasteiger partial charge in [0.1, 0.15) is 0 Å². The highest BCUT2D eigenvalue weighted by Gasteiger charge is 2.23. The molecule has 0 aliphatic heterocycles. The molecular weight excluding hydrogens is 262 g/mol. The van der Waals surface area contributed by atoms with Crippen LogP contribution >= 0.6 is 0 Å². The predicted molar refractivity (Wildman–Crippen MR) is 88.7 cm³/mol. The van der Waals surface area contributed by atoms with Gasteiger partial charge in [-0.3, -0.25) is 4.79 Å². The van der Waals surface area contributed by atoms with E-state index in [4.69, 9.17) is 5.73 Å². The molecule has 1 fully saturated rings. The molecule has 0 spiro atoms. The minimum atomic E-state index is -0.00671. The molecule has 0 bridgehead atoms. The summed E-state index contributed by atoms with van der Waals surface area (Å²) in [5, 5.41) is 3.20. The molecule has 2 rings (SSSR count). The van der Waals surface area contributed by atoms with E-state index in [1.165, 1.54) is 19.3 Å². The maximum atomic E-state index is 12.6. The van der Waals surface area contributed by atoms with Gasteiger partial charge in [-0.2, -0.15) is 0 Å². The molecular formula is C17H27N3O. The van der Waals surface area contributed by atoms with Crippen LogP contribution in [-0.4, -0.2) is 26.0 Å². The van der Waals surface area contributed by atoms with Crippen molar-refractivity contribution < 1.29 is 4.79 Å². The van der Waals surface area contributed by atoms with E-state index >= 15 is 0 Å². The molecule has 1 saturated carbocycles. The molecule has 1 aromatic carbocycles. The van der Waals surface area contributed by atoms with Crippen molar-refractivity contribution in [3.63, 3.8) is 0 Å². The van der Waals surface area contributed by atoms with Gasteiger partial charge in [0.05, 0.1) is 5.56 Å². The van der Waals surface area contributed by atoms with Gasteiger partial charge in [0, 0.05) is 31.5 Å². The second kappa shape index (κ2) is 6.83. The Labute approximate surface area is 127 Å². The van der Waals surface area contributed by atoms with Crippen LogP contribution in [-0.2, 0) is 0 Å². The maximum Gasteiger partial charge on any atom is 0.253 e. The van der Waals surface area contributed by atoms with Gasteiger partial charge in [-0.1, -0.05) is 26.2 Å². The Kier molecular flexibility index (Phi) is 5.10. The number of benzene rings is 1. The van der Waals surface area contributed by atoms with Crippen molar-refractivity contribution >= 4 is 17.3 Å². The van der Waals surface area contributed by atoms with Crippen molar-refractivity contribution in [3.8, 4) is 0 Å². The molecule has 1 aliphatic carbocycles. The van der Waals surface area contributed by atoms with Crippen LogP contribution in [0.1, 0.15) is 49.4 Å². The van der Waals surface area contributed by atoms with Crippen molar-refractivity contribution in [2.24, 2.45) is 5.92 Å². The van der Waals surface area contributed by atoms with Crippen LogP contribution in [0.5, 0.6) is 0 Å². The minimum Gasteiger partial charge on any atom is -0.399 e. The number of nitrogens with one attached hydrogen (secondary N) is 1. The van der Waals surface area contributed by atoms with E-state index in [-0.39, 0.29) is 5.91 Å². The van der Waals surface area contributed by atoms with Gasteiger partial charge in [0.2, 0.25) is 0 Å². The number of anilines is 2. The van der Waals surface area contributed by atoms with Crippen LogP contribution in [0, 0.1) is 5.92 Å². The Morgan fingerprint density at radius 2 is 2.14 bits per heavy atom. The first-order chi connectivity index (χ1) is 10.0. The summed E-state index contributed by atoms with van der Waals surface area (Å²) in [5.41, 5.74) is 8.04. The van der Waals surface area contributed by atoms with Gasteiger partial charge in [-0.05, 0) is 37.0 Å². The number of nitrogens with zero attached hydrogens (tertiary/aromatic N) is 1. The van der Waals surface area contributed by atoms with Crippen molar-refractivity contribution in [3.05, 3.63) is 23.8 Å². The molecule has 0 radical (unpaired) electrons. The third-order valence-corrected chi connectivity index (χ3v) is 4.44. The van der Waals surface area contributed by atoms with Gasteiger partial charge in [-0.25, -0.2) is 0 Å². The lowest BCUT2D eigenvalue weighted by Gasteiger charge is -2.29. The number of hydrogen-bond donors (Lipinski definition) is 2. The fourth-order valence-corrected chi connectivity index (χ4v) is 3.18. The average Bonchev–Trinajstić information content (AvgIpc) is 2.47. The lowest BCUT2D eigenvalue weighted by molar-refractivity contribution is 0.0919. The average molecular weight is 289 g/mol. The largest absolute Gasteiger partial charge is 0.399 e. The van der Waals surface area contributed by atoms with Gasteiger partial charge in [-0.15, -0.1) is 0 Å². The molecule has 4 nitrogen and oxygen atoms in total. The van der Waals surface area contributed by atoms with Crippen LogP contribution in [0.2, 0.25) is 0 Å². The number of carbonyl (C=O) groups excluding carboxylic acids is 1. The summed E-state index contributed by atoms with van der Waals surface area (Å²) in [5.74, 6) is 0.742. The predicted octanol–water partition coefficient (Wildman–Crippen LogP) is 3.03. The second-order valence-electron chi connectivity index (χ2n) is 6.28. The molecule has 116 valence electrons. The van der Waals surface area contributed by atoms with E-state index in [0.29, 0.717) is 17.3 Å². The van der Waals surface area contributed by atoms with Gasteiger partial charge in [0.25, 0.3) is 5.91 Å². The molecule has 2 unspecified atom stereocenters. The zero-order valence-electron chi connectivity index (χ0n) is 13.4. The third kappa shape index (κ3) is 3.90. The summed E-state index contributed by atoms with van der Waals surface area (Å²) < 4.78 is 0. The number of amides is 1. The molecule has 2 atom stereocenters. The molecule has 0 aromatic heterocycles. The van der Waals surface area contributed by atoms with Crippen molar-refractivity contribution in [2.45, 2.75) is 45.1 Å². The maximum absolute atomic E-state index is 12.6. The lowest BCUT2D eigenvalue weighted by atomic mass is 9.84. The number of nitrogen functional groups attached to an aromatic ring is 1. The topological polar surface area (TPSA) is 58.4 Å². The normalized spacial score (nSPS) is 21.9. The van der Waals surface area contributed by atoms with Crippen LogP contribution < -0.4 is 16.0 Å². The number of rotatable bonds is 4. The summed E-state index contributed by atoms with van der Waals surface area (Å²) in [6.07, 6.45) is 5.89. The van der Waals surface area contributed by atoms with Crippen molar-refractivity contribution in [2.75, 3.05) is 24.7 Å². The molecule has 3 N–H and O–H groups in total. The Hall–Kier alpha value is -1.71. The summed E-state index contributed by atoms with van der Waals surface area (Å²) in [4.78, 5) is 14.5. The Morgan fingerprint density at radius 3 is 2.81 bits per heavy atom. The number of nitrogens with two attached hydrogens (primary N) is 1. The first-order valence-electron chi connectivity index (χ1n) is 7.89. The van der Waals surface area contributed by atoms with Crippen molar-refractivity contribution in [1.29, 1.82) is 0 Å².